The number of anilines is 1. The van der Waals surface area contributed by atoms with E-state index in [1.54, 1.807) is 32.0 Å². The quantitative estimate of drug-likeness (QED) is 0.830. The Balaban J connectivity index is 2.39. The van der Waals surface area contributed by atoms with Crippen molar-refractivity contribution < 1.29 is 13.2 Å². The Kier molecular flexibility index (Phi) is 4.20. The fourth-order valence-electron chi connectivity index (χ4n) is 1.74. The Bertz CT molecular complexity index is 781. The summed E-state index contributed by atoms with van der Waals surface area (Å²) in [5, 5.41) is 1.42. The number of carbonyl (C=O) groups excluding carboxylic acids is 1. The second kappa shape index (κ2) is 5.61. The lowest BCUT2D eigenvalue weighted by atomic mass is 10.3. The van der Waals surface area contributed by atoms with Crippen LogP contribution in [0.2, 0.25) is 0 Å². The number of fused-ring (bicyclic) bond motifs is 1. The first-order valence-electron chi connectivity index (χ1n) is 6.42. The van der Waals surface area contributed by atoms with Crippen LogP contribution in [-0.2, 0) is 14.6 Å². The molecule has 1 unspecified atom stereocenters. The highest BCUT2D eigenvalue weighted by Gasteiger charge is 2.32. The van der Waals surface area contributed by atoms with E-state index in [4.69, 9.17) is 5.73 Å². The number of carbonyl (C=O) groups is 1. The molecule has 1 aromatic carbocycles. The van der Waals surface area contributed by atoms with Crippen molar-refractivity contribution in [3.63, 3.8) is 0 Å². The molecule has 0 spiro atoms. The van der Waals surface area contributed by atoms with E-state index in [1.165, 1.54) is 6.92 Å². The molecule has 1 aromatic heterocycles. The van der Waals surface area contributed by atoms with Gasteiger partial charge in [0, 0.05) is 11.7 Å². The Hall–Kier alpha value is -1.67. The molecule has 3 N–H and O–H groups in total. The summed E-state index contributed by atoms with van der Waals surface area (Å²) >= 11 is 1.02. The number of nitrogens with one attached hydrogen (secondary N) is 1. The minimum Gasteiger partial charge on any atom is -0.399 e. The van der Waals surface area contributed by atoms with Crippen LogP contribution < -0.4 is 11.1 Å². The van der Waals surface area contributed by atoms with Crippen molar-refractivity contribution in [2.24, 2.45) is 0 Å². The number of hydrogen-bond acceptors (Lipinski definition) is 6. The van der Waals surface area contributed by atoms with Gasteiger partial charge in [-0.05, 0) is 39.0 Å². The SMILES string of the molecule is CC(C)NC(=O)C(C)S(=O)(=O)c1nc2ccc(N)cc2s1. The molecule has 0 aliphatic heterocycles. The van der Waals surface area contributed by atoms with Gasteiger partial charge in [0.15, 0.2) is 0 Å². The summed E-state index contributed by atoms with van der Waals surface area (Å²) in [7, 11) is -3.80. The maximum absolute atomic E-state index is 12.5. The van der Waals surface area contributed by atoms with E-state index in [0.29, 0.717) is 15.9 Å². The van der Waals surface area contributed by atoms with Crippen molar-refractivity contribution in [2.45, 2.75) is 36.4 Å². The number of sulfone groups is 1. The van der Waals surface area contributed by atoms with Crippen LogP contribution in [0.5, 0.6) is 0 Å². The Morgan fingerprint density at radius 3 is 2.62 bits per heavy atom. The lowest BCUT2D eigenvalue weighted by Crippen LogP contribution is -2.41. The largest absolute Gasteiger partial charge is 0.399 e. The maximum Gasteiger partial charge on any atom is 0.238 e. The molecule has 1 heterocycles. The van der Waals surface area contributed by atoms with Crippen molar-refractivity contribution in [3.8, 4) is 0 Å². The van der Waals surface area contributed by atoms with Gasteiger partial charge in [-0.3, -0.25) is 4.79 Å². The molecule has 0 aliphatic carbocycles. The van der Waals surface area contributed by atoms with Crippen molar-refractivity contribution >= 4 is 43.0 Å². The van der Waals surface area contributed by atoms with Crippen LogP contribution in [0.4, 0.5) is 5.69 Å². The predicted octanol–water partition coefficient (Wildman–Crippen LogP) is 1.57. The summed E-state index contributed by atoms with van der Waals surface area (Å²) < 4.78 is 25.6. The molecule has 0 fully saturated rings. The number of amides is 1. The van der Waals surface area contributed by atoms with Gasteiger partial charge in [0.05, 0.1) is 10.2 Å². The fourth-order valence-corrected chi connectivity index (χ4v) is 4.53. The van der Waals surface area contributed by atoms with Gasteiger partial charge >= 0.3 is 0 Å². The van der Waals surface area contributed by atoms with E-state index in [-0.39, 0.29) is 10.4 Å². The van der Waals surface area contributed by atoms with Crippen molar-refractivity contribution in [2.75, 3.05) is 5.73 Å². The smallest absolute Gasteiger partial charge is 0.238 e. The number of hydrogen-bond donors (Lipinski definition) is 2. The molecule has 2 aromatic rings. The summed E-state index contributed by atoms with van der Waals surface area (Å²) in [5.74, 6) is -0.524. The monoisotopic (exact) mass is 327 g/mol. The molecular weight excluding hydrogens is 310 g/mol. The molecule has 0 radical (unpaired) electrons. The second-order valence-electron chi connectivity index (χ2n) is 5.06. The van der Waals surface area contributed by atoms with Crippen LogP contribution >= 0.6 is 11.3 Å². The number of thiazole rings is 1. The molecule has 0 aliphatic rings. The molecule has 0 bridgehead atoms. The van der Waals surface area contributed by atoms with E-state index in [9.17, 15) is 13.2 Å². The molecule has 0 saturated heterocycles. The third-order valence-corrected chi connectivity index (χ3v) is 6.38. The van der Waals surface area contributed by atoms with Crippen LogP contribution in [0, 0.1) is 0 Å². The molecule has 21 heavy (non-hydrogen) atoms. The minimum atomic E-state index is -3.80. The highest BCUT2D eigenvalue weighted by Crippen LogP contribution is 2.29. The molecule has 2 rings (SSSR count). The zero-order valence-electron chi connectivity index (χ0n) is 12.0. The Morgan fingerprint density at radius 1 is 1.33 bits per heavy atom. The number of nitrogens with two attached hydrogens (primary N) is 1. The van der Waals surface area contributed by atoms with Gasteiger partial charge in [0.2, 0.25) is 20.1 Å². The first kappa shape index (κ1) is 15.7. The highest BCUT2D eigenvalue weighted by atomic mass is 32.2. The van der Waals surface area contributed by atoms with Crippen molar-refractivity contribution in [1.82, 2.24) is 10.3 Å². The van der Waals surface area contributed by atoms with Crippen LogP contribution in [0.15, 0.2) is 22.5 Å². The number of nitrogens with zero attached hydrogens (tertiary/aromatic N) is 1. The summed E-state index contributed by atoms with van der Waals surface area (Å²) in [4.78, 5) is 16.0. The van der Waals surface area contributed by atoms with Crippen molar-refractivity contribution in [1.29, 1.82) is 0 Å². The number of nitrogen functional groups attached to an aromatic ring is 1. The molecule has 0 saturated carbocycles. The van der Waals surface area contributed by atoms with Crippen LogP contribution in [-0.4, -0.2) is 30.6 Å². The van der Waals surface area contributed by atoms with E-state index in [1.807, 2.05) is 0 Å². The lowest BCUT2D eigenvalue weighted by Gasteiger charge is -2.13. The van der Waals surface area contributed by atoms with Crippen LogP contribution in [0.25, 0.3) is 10.2 Å². The molecule has 1 atom stereocenters. The molecular formula is C13H17N3O3S2. The van der Waals surface area contributed by atoms with Gasteiger partial charge in [-0.2, -0.15) is 0 Å². The summed E-state index contributed by atoms with van der Waals surface area (Å²) in [6.07, 6.45) is 0. The fraction of sp³-hybridized carbons (Fsp3) is 0.385. The lowest BCUT2D eigenvalue weighted by molar-refractivity contribution is -0.120. The van der Waals surface area contributed by atoms with E-state index < -0.39 is 21.0 Å². The van der Waals surface area contributed by atoms with Gasteiger partial charge in [0.1, 0.15) is 5.25 Å². The topological polar surface area (TPSA) is 102 Å². The third-order valence-electron chi connectivity index (χ3n) is 2.90. The predicted molar refractivity (Wildman–Crippen MR) is 84.0 cm³/mol. The molecule has 1 amide bonds. The van der Waals surface area contributed by atoms with Gasteiger partial charge in [-0.15, -0.1) is 11.3 Å². The number of rotatable bonds is 4. The highest BCUT2D eigenvalue weighted by molar-refractivity contribution is 7.94. The summed E-state index contributed by atoms with van der Waals surface area (Å²) in [6.45, 7) is 4.92. The van der Waals surface area contributed by atoms with Crippen LogP contribution in [0.3, 0.4) is 0 Å². The zero-order chi connectivity index (χ0) is 15.8. The Labute approximate surface area is 127 Å². The first-order chi connectivity index (χ1) is 9.71. The molecule has 114 valence electrons. The van der Waals surface area contributed by atoms with E-state index >= 15 is 0 Å². The minimum absolute atomic E-state index is 0.0606. The maximum atomic E-state index is 12.5. The normalized spacial score (nSPS) is 13.5. The summed E-state index contributed by atoms with van der Waals surface area (Å²) in [6, 6.07) is 4.88. The van der Waals surface area contributed by atoms with E-state index in [0.717, 1.165) is 11.3 Å². The summed E-state index contributed by atoms with van der Waals surface area (Å²) in [5.41, 5.74) is 6.77. The van der Waals surface area contributed by atoms with E-state index in [2.05, 4.69) is 10.3 Å². The first-order valence-corrected chi connectivity index (χ1v) is 8.78. The van der Waals surface area contributed by atoms with Gasteiger partial charge in [-0.25, -0.2) is 13.4 Å². The number of aromatic nitrogens is 1. The second-order valence-corrected chi connectivity index (χ2v) is 8.53. The molecule has 6 nitrogen and oxygen atoms in total. The van der Waals surface area contributed by atoms with Crippen LogP contribution in [0.1, 0.15) is 20.8 Å². The standard InChI is InChI=1S/C13H17N3O3S2/c1-7(2)15-12(17)8(3)21(18,19)13-16-10-5-4-9(14)6-11(10)20-13/h4-8H,14H2,1-3H3,(H,15,17). The average molecular weight is 327 g/mol. The molecule has 8 heteroatoms. The van der Waals surface area contributed by atoms with Crippen molar-refractivity contribution in [3.05, 3.63) is 18.2 Å². The van der Waals surface area contributed by atoms with Gasteiger partial charge < -0.3 is 11.1 Å². The van der Waals surface area contributed by atoms with Gasteiger partial charge in [-0.1, -0.05) is 0 Å². The third kappa shape index (κ3) is 3.16. The number of benzene rings is 1. The zero-order valence-corrected chi connectivity index (χ0v) is 13.6. The van der Waals surface area contributed by atoms with Gasteiger partial charge in [0.25, 0.3) is 0 Å². The Morgan fingerprint density at radius 2 is 2.00 bits per heavy atom. The average Bonchev–Trinajstić information content (AvgIpc) is 2.80.